The van der Waals surface area contributed by atoms with E-state index in [9.17, 15) is 0 Å². The second-order valence-electron chi connectivity index (χ2n) is 1.44. The fourth-order valence-corrected chi connectivity index (χ4v) is 0.490. The Labute approximate surface area is 58.0 Å². The molecule has 0 atom stereocenters. The smallest absolute Gasteiger partial charge is 0.280 e. The Morgan fingerprint density at radius 3 is 2.60 bits per heavy atom. The first-order valence-corrected chi connectivity index (χ1v) is 2.57. The first kappa shape index (κ1) is 6.73. The zero-order valence-electron chi connectivity index (χ0n) is 5.66. The van der Waals surface area contributed by atoms with E-state index in [1.54, 1.807) is 0 Å². The van der Waals surface area contributed by atoms with Crippen molar-refractivity contribution in [3.8, 4) is 11.6 Å². The fourth-order valence-electron chi connectivity index (χ4n) is 0.490. The molecule has 0 amide bonds. The van der Waals surface area contributed by atoms with Gasteiger partial charge in [0, 0.05) is 0 Å². The van der Waals surface area contributed by atoms with Crippen molar-refractivity contribution < 1.29 is 9.47 Å². The third-order valence-electron chi connectivity index (χ3n) is 0.924. The van der Waals surface area contributed by atoms with Crippen LogP contribution in [0, 0.1) is 6.20 Å². The van der Waals surface area contributed by atoms with E-state index in [0.29, 0.717) is 5.75 Å². The Hall–Kier alpha value is -1.39. The lowest BCUT2D eigenvalue weighted by Crippen LogP contribution is -1.96. The summed E-state index contributed by atoms with van der Waals surface area (Å²) in [6.45, 7) is 0. The van der Waals surface area contributed by atoms with Crippen LogP contribution in [0.2, 0.25) is 0 Å². The van der Waals surface area contributed by atoms with E-state index >= 15 is 0 Å². The number of methoxy groups -OCH3 is 2. The lowest BCUT2D eigenvalue weighted by Gasteiger charge is -2.00. The van der Waals surface area contributed by atoms with Crippen molar-refractivity contribution in [3.05, 3.63) is 6.20 Å². The fraction of sp³-hybridized carbons (Fsp3) is 0.400. The van der Waals surface area contributed by atoms with Crippen LogP contribution < -0.4 is 9.47 Å². The summed E-state index contributed by atoms with van der Waals surface area (Å²) < 4.78 is 9.56. The number of hydrogen-bond acceptors (Lipinski definition) is 5. The predicted octanol–water partition coefficient (Wildman–Crippen LogP) is -0.311. The molecule has 0 saturated heterocycles. The van der Waals surface area contributed by atoms with Crippen LogP contribution in [0.4, 0.5) is 0 Å². The van der Waals surface area contributed by atoms with Gasteiger partial charge >= 0.3 is 0 Å². The van der Waals surface area contributed by atoms with E-state index in [2.05, 4.69) is 21.6 Å². The van der Waals surface area contributed by atoms with Crippen LogP contribution in [0.1, 0.15) is 0 Å². The normalized spacial score (nSPS) is 9.00. The minimum atomic E-state index is 0.289. The number of nitrogens with zero attached hydrogens (tertiary/aromatic N) is 3. The van der Waals surface area contributed by atoms with E-state index in [-0.39, 0.29) is 5.88 Å². The molecular weight excluding hydrogens is 134 g/mol. The molecule has 5 heteroatoms. The van der Waals surface area contributed by atoms with Crippen molar-refractivity contribution in [1.29, 1.82) is 0 Å². The minimum absolute atomic E-state index is 0.289. The summed E-state index contributed by atoms with van der Waals surface area (Å²) in [6.07, 6.45) is 2.47. The van der Waals surface area contributed by atoms with Crippen molar-refractivity contribution in [3.63, 3.8) is 0 Å². The average Bonchev–Trinajstić information content (AvgIpc) is 2.04. The predicted molar refractivity (Wildman–Crippen MR) is 31.8 cm³/mol. The molecule has 1 aromatic rings. The van der Waals surface area contributed by atoms with Gasteiger partial charge in [-0.05, 0) is 5.21 Å². The summed E-state index contributed by atoms with van der Waals surface area (Å²) in [6, 6.07) is 0. The summed E-state index contributed by atoms with van der Waals surface area (Å²) in [5, 5.41) is 10.2. The first-order chi connectivity index (χ1) is 4.88. The molecule has 1 radical (unpaired) electrons. The molecule has 1 heterocycles. The zero-order valence-corrected chi connectivity index (χ0v) is 5.66. The van der Waals surface area contributed by atoms with Crippen molar-refractivity contribution in [2.24, 2.45) is 0 Å². The highest BCUT2D eigenvalue weighted by molar-refractivity contribution is 5.26. The monoisotopic (exact) mass is 140 g/mol. The van der Waals surface area contributed by atoms with Gasteiger partial charge in [0.1, 0.15) is 0 Å². The van der Waals surface area contributed by atoms with Gasteiger partial charge < -0.3 is 9.47 Å². The molecule has 0 spiro atoms. The standard InChI is InChI=1S/C5H6N3O2/c1-9-4-3-6-8-7-5(4)10-2/h1-2H3. The molecule has 1 rings (SSSR count). The average molecular weight is 140 g/mol. The van der Waals surface area contributed by atoms with E-state index in [4.69, 9.17) is 9.47 Å². The van der Waals surface area contributed by atoms with Gasteiger partial charge in [0.25, 0.3) is 5.88 Å². The van der Waals surface area contributed by atoms with Gasteiger partial charge in [-0.3, -0.25) is 0 Å². The molecule has 0 aliphatic heterocycles. The third-order valence-corrected chi connectivity index (χ3v) is 0.924. The molecule has 53 valence electrons. The van der Waals surface area contributed by atoms with Gasteiger partial charge in [-0.15, -0.1) is 5.10 Å². The highest BCUT2D eigenvalue weighted by atomic mass is 16.5. The van der Waals surface area contributed by atoms with Crippen LogP contribution in [-0.4, -0.2) is 29.6 Å². The summed E-state index contributed by atoms with van der Waals surface area (Å²) in [5.41, 5.74) is 0. The molecule has 0 bridgehead atoms. The molecule has 0 unspecified atom stereocenters. The highest BCUT2D eigenvalue weighted by Crippen LogP contribution is 2.18. The third kappa shape index (κ3) is 1.12. The van der Waals surface area contributed by atoms with Gasteiger partial charge in [-0.1, -0.05) is 5.10 Å². The number of ether oxygens (including phenoxy) is 2. The Balaban J connectivity index is 2.96. The molecule has 0 N–H and O–H groups in total. The Kier molecular flexibility index (Phi) is 1.99. The molecule has 5 nitrogen and oxygen atoms in total. The zero-order chi connectivity index (χ0) is 7.40. The number of hydrogen-bond donors (Lipinski definition) is 0. The summed E-state index contributed by atoms with van der Waals surface area (Å²) in [7, 11) is 2.96. The largest absolute Gasteiger partial charge is 0.489 e. The second kappa shape index (κ2) is 2.95. The van der Waals surface area contributed by atoms with Crippen LogP contribution in [0.3, 0.4) is 0 Å². The maximum atomic E-state index is 4.79. The Morgan fingerprint density at radius 2 is 2.10 bits per heavy atom. The Bertz CT molecular complexity index is 193. The van der Waals surface area contributed by atoms with Crippen molar-refractivity contribution in [2.45, 2.75) is 0 Å². The van der Waals surface area contributed by atoms with Gasteiger partial charge in [0.2, 0.25) is 5.75 Å². The second-order valence-corrected chi connectivity index (χ2v) is 1.44. The molecule has 0 saturated carbocycles. The summed E-state index contributed by atoms with van der Waals surface area (Å²) >= 11 is 0. The van der Waals surface area contributed by atoms with Crippen LogP contribution in [-0.2, 0) is 0 Å². The number of aromatic nitrogens is 3. The quantitative estimate of drug-likeness (QED) is 0.564. The van der Waals surface area contributed by atoms with Gasteiger partial charge in [-0.25, -0.2) is 0 Å². The van der Waals surface area contributed by atoms with Crippen LogP contribution >= 0.6 is 0 Å². The SMILES string of the molecule is COc1[c]nnnc1OC. The highest BCUT2D eigenvalue weighted by Gasteiger charge is 2.03. The molecule has 10 heavy (non-hydrogen) atoms. The van der Waals surface area contributed by atoms with E-state index in [0.717, 1.165) is 0 Å². The van der Waals surface area contributed by atoms with Crippen molar-refractivity contribution >= 4 is 0 Å². The van der Waals surface area contributed by atoms with E-state index < -0.39 is 0 Å². The van der Waals surface area contributed by atoms with Crippen LogP contribution in [0.15, 0.2) is 0 Å². The van der Waals surface area contributed by atoms with Crippen LogP contribution in [0.25, 0.3) is 0 Å². The Morgan fingerprint density at radius 1 is 1.30 bits per heavy atom. The molecule has 0 aromatic carbocycles. The van der Waals surface area contributed by atoms with E-state index in [1.807, 2.05) is 0 Å². The summed E-state index contributed by atoms with van der Waals surface area (Å²) in [4.78, 5) is 0. The van der Waals surface area contributed by atoms with Crippen molar-refractivity contribution in [1.82, 2.24) is 15.4 Å². The molecule has 0 aliphatic carbocycles. The number of rotatable bonds is 2. The van der Waals surface area contributed by atoms with Gasteiger partial charge in [0.05, 0.1) is 14.2 Å². The lowest BCUT2D eigenvalue weighted by molar-refractivity contribution is 0.333. The minimum Gasteiger partial charge on any atom is -0.489 e. The maximum absolute atomic E-state index is 4.79. The molecule has 0 aliphatic rings. The molecular formula is C5H6N3O2. The maximum Gasteiger partial charge on any atom is 0.280 e. The van der Waals surface area contributed by atoms with Gasteiger partial charge in [0.15, 0.2) is 6.20 Å². The molecule has 0 fully saturated rings. The lowest BCUT2D eigenvalue weighted by atomic mass is 10.6. The first-order valence-electron chi connectivity index (χ1n) is 2.57. The summed E-state index contributed by atoms with van der Waals surface area (Å²) in [5.74, 6) is 0.648. The molecule has 1 aromatic heterocycles. The van der Waals surface area contributed by atoms with Crippen molar-refractivity contribution in [2.75, 3.05) is 14.2 Å². The topological polar surface area (TPSA) is 57.1 Å². The van der Waals surface area contributed by atoms with Crippen LogP contribution in [0.5, 0.6) is 11.6 Å². The van der Waals surface area contributed by atoms with Gasteiger partial charge in [-0.2, -0.15) is 0 Å². The van der Waals surface area contributed by atoms with E-state index in [1.165, 1.54) is 14.2 Å².